The number of hydrogen-bond acceptors (Lipinski definition) is 16. The van der Waals surface area contributed by atoms with Gasteiger partial charge in [-0.25, -0.2) is 0 Å². The molecule has 6 rings (SSSR count). The minimum atomic E-state index is -5.10. The summed E-state index contributed by atoms with van der Waals surface area (Å²) in [4.78, 5) is -3.24. The second-order valence-electron chi connectivity index (χ2n) is 12.2. The Morgan fingerprint density at radius 2 is 0.845 bits per heavy atom. The number of anilines is 2. The molecule has 20 nitrogen and oxygen atoms in total. The Morgan fingerprint density at radius 1 is 0.431 bits per heavy atom. The highest BCUT2D eigenvalue weighted by atomic mass is 32.2. The first-order valence-corrected chi connectivity index (χ1v) is 21.5. The topological polar surface area (TPSA) is 359 Å². The van der Waals surface area contributed by atoms with Crippen LogP contribution in [0, 0.1) is 0 Å². The molecule has 0 radical (unpaired) electrons. The van der Waals surface area contributed by atoms with Gasteiger partial charge in [0.15, 0.2) is 11.5 Å². The Balaban J connectivity index is 1.41. The van der Waals surface area contributed by atoms with E-state index in [1.165, 1.54) is 36.4 Å². The minimum absolute atomic E-state index is 0.0376. The molecule has 0 bridgehead atoms. The van der Waals surface area contributed by atoms with Crippen LogP contribution >= 0.6 is 0 Å². The Hall–Kier alpha value is -6.38. The molecule has 0 fully saturated rings. The number of phenolic OH excluding ortho intramolecular Hbond substituents is 2. The molecule has 0 aliphatic carbocycles. The number of azo groups is 2. The SMILES string of the molecule is Nc1ccc2cc(S(=O)(=O)O)c(N=Nc3ccc(S(=O)(=O)O)c(/C=C/c4ccc(N=Nc5c(S(=O)(=O)O)cc6ccc(N)cc6c5O)cc4S(=O)(=O)O)c3)c(O)c2c1. The first-order chi connectivity index (χ1) is 26.9. The number of nitrogens with two attached hydrogens (primary N) is 2. The first-order valence-electron chi connectivity index (χ1n) is 15.7. The predicted molar refractivity (Wildman–Crippen MR) is 209 cm³/mol. The van der Waals surface area contributed by atoms with Gasteiger partial charge >= 0.3 is 0 Å². The lowest BCUT2D eigenvalue weighted by molar-refractivity contribution is 0.471. The summed E-state index contributed by atoms with van der Waals surface area (Å²) in [6.45, 7) is 0. The Bertz CT molecular complexity index is 3280. The number of nitrogens with zero attached hydrogens (tertiary/aromatic N) is 4. The zero-order valence-electron chi connectivity index (χ0n) is 28.8. The maximum Gasteiger partial charge on any atom is 0.296 e. The van der Waals surface area contributed by atoms with Crippen LogP contribution in [0.2, 0.25) is 0 Å². The van der Waals surface area contributed by atoms with Crippen LogP contribution in [0.15, 0.2) is 125 Å². The molecule has 0 aliphatic rings. The Labute approximate surface area is 328 Å². The van der Waals surface area contributed by atoms with E-state index in [1.807, 2.05) is 0 Å². The number of aromatic hydroxyl groups is 2. The number of fused-ring (bicyclic) bond motifs is 2. The van der Waals surface area contributed by atoms with Crippen molar-refractivity contribution in [3.63, 3.8) is 0 Å². The van der Waals surface area contributed by atoms with Crippen LogP contribution in [-0.2, 0) is 40.5 Å². The van der Waals surface area contributed by atoms with E-state index in [0.29, 0.717) is 0 Å². The molecule has 0 aromatic heterocycles. The van der Waals surface area contributed by atoms with Crippen molar-refractivity contribution < 1.29 is 62.1 Å². The van der Waals surface area contributed by atoms with Gasteiger partial charge in [-0.3, -0.25) is 18.2 Å². The average Bonchev–Trinajstić information content (AvgIpc) is 3.12. The molecule has 58 heavy (non-hydrogen) atoms. The van der Waals surface area contributed by atoms with Gasteiger partial charge in [-0.15, -0.1) is 10.2 Å². The highest BCUT2D eigenvalue weighted by Crippen LogP contribution is 2.43. The second-order valence-corrected chi connectivity index (χ2v) is 17.7. The van der Waals surface area contributed by atoms with Crippen LogP contribution < -0.4 is 11.5 Å². The van der Waals surface area contributed by atoms with Crippen LogP contribution in [-0.4, -0.2) is 62.1 Å². The summed E-state index contributed by atoms with van der Waals surface area (Å²) in [5.41, 5.74) is 9.31. The second kappa shape index (κ2) is 14.8. The van der Waals surface area contributed by atoms with Crippen molar-refractivity contribution in [1.29, 1.82) is 0 Å². The van der Waals surface area contributed by atoms with E-state index < -0.39 is 82.9 Å². The Kier molecular flexibility index (Phi) is 10.6. The van der Waals surface area contributed by atoms with Crippen molar-refractivity contribution in [2.75, 3.05) is 11.5 Å². The molecule has 0 heterocycles. The maximum atomic E-state index is 12.5. The van der Waals surface area contributed by atoms with Crippen LogP contribution in [0.5, 0.6) is 11.5 Å². The van der Waals surface area contributed by atoms with Crippen LogP contribution in [0.3, 0.4) is 0 Å². The molecule has 300 valence electrons. The number of nitrogen functional groups attached to an aromatic ring is 2. The van der Waals surface area contributed by atoms with Gasteiger partial charge in [-0.2, -0.15) is 43.9 Å². The summed E-state index contributed by atoms with van der Waals surface area (Å²) in [6, 6.07) is 16.1. The molecule has 0 amide bonds. The fraction of sp³-hybridized carbons (Fsp3) is 0. The lowest BCUT2D eigenvalue weighted by Crippen LogP contribution is -2.01. The third-order valence-electron chi connectivity index (χ3n) is 8.23. The predicted octanol–water partition coefficient (Wildman–Crippen LogP) is 6.56. The van der Waals surface area contributed by atoms with Gasteiger partial charge in [-0.05, 0) is 88.6 Å². The number of phenols is 2. The normalized spacial score (nSPS) is 13.1. The van der Waals surface area contributed by atoms with Crippen molar-refractivity contribution in [1.82, 2.24) is 0 Å². The van der Waals surface area contributed by atoms with Crippen molar-refractivity contribution in [2.24, 2.45) is 20.5 Å². The number of benzene rings is 6. The fourth-order valence-electron chi connectivity index (χ4n) is 5.61. The van der Waals surface area contributed by atoms with E-state index in [1.54, 1.807) is 0 Å². The van der Waals surface area contributed by atoms with E-state index in [-0.39, 0.29) is 55.4 Å². The minimum Gasteiger partial charge on any atom is -0.505 e. The summed E-state index contributed by atoms with van der Waals surface area (Å²) in [5, 5.41) is 37.3. The van der Waals surface area contributed by atoms with Gasteiger partial charge < -0.3 is 21.7 Å². The van der Waals surface area contributed by atoms with E-state index in [4.69, 9.17) is 11.5 Å². The molecular formula is C34H26N6O14S4. The molecule has 0 unspecified atom stereocenters. The van der Waals surface area contributed by atoms with E-state index >= 15 is 0 Å². The summed E-state index contributed by atoms with van der Waals surface area (Å²) in [7, 11) is -20.1. The first kappa shape index (κ1) is 41.3. The third kappa shape index (κ3) is 8.62. The Morgan fingerprint density at radius 3 is 1.29 bits per heavy atom. The van der Waals surface area contributed by atoms with Crippen LogP contribution in [0.4, 0.5) is 34.1 Å². The lowest BCUT2D eigenvalue weighted by Gasteiger charge is -2.10. The number of hydrogen-bond donors (Lipinski definition) is 8. The molecular weight excluding hydrogens is 845 g/mol. The fourth-order valence-corrected chi connectivity index (χ4v) is 8.29. The molecule has 0 aliphatic heterocycles. The zero-order valence-corrected chi connectivity index (χ0v) is 32.0. The van der Waals surface area contributed by atoms with Crippen molar-refractivity contribution in [3.05, 3.63) is 96.1 Å². The van der Waals surface area contributed by atoms with Gasteiger partial charge in [0.2, 0.25) is 0 Å². The van der Waals surface area contributed by atoms with Gasteiger partial charge in [0.1, 0.15) is 31.0 Å². The standard InChI is InChI=1S/C34H26N6O14S4/c35-21-6-3-18-12-29(57(49,50)51)31(33(41)25(18)14-21)39-37-23-9-10-27(55(43,44)45)20(11-23)2-1-17-5-8-24(16-28(17)56(46,47)48)38-40-32-30(58(52,53)54)13-19-4-7-22(36)15-26(19)34(32)42/h1-16,41-42H,35-36H2,(H,43,44,45)(H,46,47,48)(H,49,50,51)(H,52,53,54)/b2-1+,39-37?,40-38?. The van der Waals surface area contributed by atoms with E-state index in [9.17, 15) is 62.1 Å². The maximum absolute atomic E-state index is 12.5. The smallest absolute Gasteiger partial charge is 0.296 e. The lowest BCUT2D eigenvalue weighted by atomic mass is 10.1. The zero-order chi connectivity index (χ0) is 42.5. The molecule has 10 N–H and O–H groups in total. The van der Waals surface area contributed by atoms with Crippen LogP contribution in [0.1, 0.15) is 11.1 Å². The molecule has 0 atom stereocenters. The molecule has 24 heteroatoms. The highest BCUT2D eigenvalue weighted by molar-refractivity contribution is 7.86. The summed E-state index contributed by atoms with van der Waals surface area (Å²) in [6.07, 6.45) is 1.99. The highest BCUT2D eigenvalue weighted by Gasteiger charge is 2.24. The van der Waals surface area contributed by atoms with Gasteiger partial charge in [0, 0.05) is 22.1 Å². The summed E-state index contributed by atoms with van der Waals surface area (Å²) in [5.74, 6) is -1.47. The van der Waals surface area contributed by atoms with Gasteiger partial charge in [0.05, 0.1) is 11.4 Å². The largest absolute Gasteiger partial charge is 0.505 e. The molecule has 0 saturated heterocycles. The third-order valence-corrected chi connectivity index (χ3v) is 11.8. The summed E-state index contributed by atoms with van der Waals surface area (Å²) >= 11 is 0. The van der Waals surface area contributed by atoms with Gasteiger partial charge in [0.25, 0.3) is 40.5 Å². The average molecular weight is 871 g/mol. The number of rotatable bonds is 10. The van der Waals surface area contributed by atoms with Crippen LogP contribution in [0.25, 0.3) is 33.7 Å². The van der Waals surface area contributed by atoms with Crippen molar-refractivity contribution >= 4 is 108 Å². The van der Waals surface area contributed by atoms with E-state index in [0.717, 1.165) is 60.7 Å². The molecule has 6 aromatic carbocycles. The monoisotopic (exact) mass is 870 g/mol. The molecule has 0 saturated carbocycles. The quantitative estimate of drug-likeness (QED) is 0.0313. The molecule has 6 aromatic rings. The van der Waals surface area contributed by atoms with E-state index in [2.05, 4.69) is 20.5 Å². The van der Waals surface area contributed by atoms with Crippen molar-refractivity contribution in [2.45, 2.75) is 19.6 Å². The molecule has 0 spiro atoms. The van der Waals surface area contributed by atoms with Crippen molar-refractivity contribution in [3.8, 4) is 11.5 Å². The summed E-state index contributed by atoms with van der Waals surface area (Å²) < 4.78 is 138. The van der Waals surface area contributed by atoms with Gasteiger partial charge in [-0.1, -0.05) is 30.4 Å².